The Bertz CT molecular complexity index is 476. The smallest absolute Gasteiger partial charge is 0.107 e. The van der Waals surface area contributed by atoms with Crippen LogP contribution in [0.3, 0.4) is 0 Å². The first-order chi connectivity index (χ1) is 8.52. The Hall–Kier alpha value is -1.20. The number of nitrogens with zero attached hydrogens (tertiary/aromatic N) is 2. The van der Waals surface area contributed by atoms with Crippen molar-refractivity contribution in [3.63, 3.8) is 0 Å². The quantitative estimate of drug-likeness (QED) is 0.841. The number of ether oxygens (including phenoxy) is 1. The second kappa shape index (κ2) is 5.20. The number of nitrogens with two attached hydrogens (primary N) is 1. The molecule has 1 fully saturated rings. The van der Waals surface area contributed by atoms with Gasteiger partial charge in [-0.05, 0) is 26.3 Å². The molecule has 5 heteroatoms. The average molecular weight is 265 g/mol. The van der Waals surface area contributed by atoms with Crippen molar-refractivity contribution in [3.8, 4) is 0 Å². The molecule has 1 aromatic heterocycles. The molecule has 4 nitrogen and oxygen atoms in total. The zero-order chi connectivity index (χ0) is 13.3. The molecule has 2 heterocycles. The first kappa shape index (κ1) is 13.2. The van der Waals surface area contributed by atoms with E-state index in [4.69, 9.17) is 22.7 Å². The Morgan fingerprint density at radius 3 is 2.83 bits per heavy atom. The summed E-state index contributed by atoms with van der Waals surface area (Å²) in [5, 5.41) is 0. The van der Waals surface area contributed by atoms with Gasteiger partial charge in [0.1, 0.15) is 4.99 Å². The van der Waals surface area contributed by atoms with E-state index in [1.807, 2.05) is 13.8 Å². The molecule has 1 unspecified atom stereocenters. The third-order valence-corrected chi connectivity index (χ3v) is 3.58. The van der Waals surface area contributed by atoms with E-state index in [0.717, 1.165) is 42.1 Å². The predicted octanol–water partition coefficient (Wildman–Crippen LogP) is 1.56. The first-order valence-electron chi connectivity index (χ1n) is 6.08. The molecule has 0 bridgehead atoms. The van der Waals surface area contributed by atoms with Crippen LogP contribution in [-0.4, -0.2) is 36.3 Å². The molecule has 98 valence electrons. The second-order valence-electron chi connectivity index (χ2n) is 4.70. The van der Waals surface area contributed by atoms with Crippen molar-refractivity contribution < 1.29 is 4.74 Å². The number of anilines is 1. The van der Waals surface area contributed by atoms with E-state index in [1.54, 1.807) is 7.11 Å². The molecular formula is C13H19N3OS. The van der Waals surface area contributed by atoms with Crippen LogP contribution in [-0.2, 0) is 4.74 Å². The van der Waals surface area contributed by atoms with E-state index >= 15 is 0 Å². The fraction of sp³-hybridized carbons (Fsp3) is 0.538. The maximum Gasteiger partial charge on any atom is 0.107 e. The number of thiocarbonyl (C=S) groups is 1. The zero-order valence-electron chi connectivity index (χ0n) is 11.1. The van der Waals surface area contributed by atoms with Crippen LogP contribution in [0.1, 0.15) is 23.4 Å². The summed E-state index contributed by atoms with van der Waals surface area (Å²) in [5.74, 6) is 0. The van der Waals surface area contributed by atoms with Crippen LogP contribution < -0.4 is 10.6 Å². The number of rotatable bonds is 3. The largest absolute Gasteiger partial charge is 0.389 e. The van der Waals surface area contributed by atoms with Crippen molar-refractivity contribution in [2.24, 2.45) is 5.73 Å². The molecule has 18 heavy (non-hydrogen) atoms. The van der Waals surface area contributed by atoms with Gasteiger partial charge in [-0.15, -0.1) is 0 Å². The van der Waals surface area contributed by atoms with E-state index in [-0.39, 0.29) is 6.10 Å². The summed E-state index contributed by atoms with van der Waals surface area (Å²) >= 11 is 5.15. The molecule has 1 aliphatic heterocycles. The van der Waals surface area contributed by atoms with Crippen molar-refractivity contribution >= 4 is 22.9 Å². The third kappa shape index (κ3) is 2.47. The van der Waals surface area contributed by atoms with Gasteiger partial charge >= 0.3 is 0 Å². The summed E-state index contributed by atoms with van der Waals surface area (Å²) in [6, 6.07) is 2.06. The van der Waals surface area contributed by atoms with Crippen LogP contribution in [0.15, 0.2) is 6.07 Å². The van der Waals surface area contributed by atoms with Crippen molar-refractivity contribution in [1.82, 2.24) is 4.98 Å². The first-order valence-corrected chi connectivity index (χ1v) is 6.49. The topological polar surface area (TPSA) is 51.4 Å². The second-order valence-corrected chi connectivity index (χ2v) is 5.14. The summed E-state index contributed by atoms with van der Waals surface area (Å²) in [7, 11) is 1.76. The normalized spacial score (nSPS) is 19.3. The van der Waals surface area contributed by atoms with E-state index < -0.39 is 0 Å². The van der Waals surface area contributed by atoms with Crippen LogP contribution in [0.2, 0.25) is 0 Å². The number of pyridine rings is 1. The van der Waals surface area contributed by atoms with Crippen LogP contribution in [0.25, 0.3) is 0 Å². The van der Waals surface area contributed by atoms with E-state index in [1.165, 1.54) is 0 Å². The van der Waals surface area contributed by atoms with E-state index in [9.17, 15) is 0 Å². The minimum Gasteiger partial charge on any atom is -0.389 e. The molecule has 2 N–H and O–H groups in total. The Balaban J connectivity index is 2.40. The Labute approximate surface area is 113 Å². The summed E-state index contributed by atoms with van der Waals surface area (Å²) in [4.78, 5) is 7.14. The Morgan fingerprint density at radius 1 is 1.56 bits per heavy atom. The van der Waals surface area contributed by atoms with Gasteiger partial charge in [-0.1, -0.05) is 12.2 Å². The number of aromatic nitrogens is 1. The fourth-order valence-electron chi connectivity index (χ4n) is 2.50. The molecule has 0 aromatic carbocycles. The molecule has 0 saturated carbocycles. The minimum absolute atomic E-state index is 0.290. The average Bonchev–Trinajstić information content (AvgIpc) is 2.75. The molecule has 0 amide bonds. The van der Waals surface area contributed by atoms with Crippen molar-refractivity contribution in [2.45, 2.75) is 26.4 Å². The highest BCUT2D eigenvalue weighted by molar-refractivity contribution is 7.80. The fourth-order valence-corrected chi connectivity index (χ4v) is 2.75. The molecule has 0 spiro atoms. The van der Waals surface area contributed by atoms with Gasteiger partial charge in [-0.25, -0.2) is 0 Å². The minimum atomic E-state index is 0.290. The molecule has 1 aliphatic rings. The van der Waals surface area contributed by atoms with Gasteiger partial charge in [0.25, 0.3) is 0 Å². The van der Waals surface area contributed by atoms with Crippen LogP contribution in [0.5, 0.6) is 0 Å². The molecule has 1 atom stereocenters. The lowest BCUT2D eigenvalue weighted by Gasteiger charge is -2.23. The summed E-state index contributed by atoms with van der Waals surface area (Å²) < 4.78 is 5.40. The Kier molecular flexibility index (Phi) is 3.82. The highest BCUT2D eigenvalue weighted by Crippen LogP contribution is 2.28. The van der Waals surface area contributed by atoms with Gasteiger partial charge in [-0.3, -0.25) is 4.98 Å². The molecule has 1 aromatic rings. The molecule has 1 saturated heterocycles. The SMILES string of the molecule is COC1CCN(c2cc(C)nc(C)c2C(N)=S)C1. The number of hydrogen-bond donors (Lipinski definition) is 1. The lowest BCUT2D eigenvalue weighted by molar-refractivity contribution is 0.121. The predicted molar refractivity (Wildman–Crippen MR) is 77.2 cm³/mol. The van der Waals surface area contributed by atoms with Crippen LogP contribution in [0.4, 0.5) is 5.69 Å². The molecule has 2 rings (SSSR count). The molecule has 0 aliphatic carbocycles. The van der Waals surface area contributed by atoms with E-state index in [2.05, 4.69) is 16.0 Å². The van der Waals surface area contributed by atoms with Gasteiger partial charge in [0.05, 0.1) is 17.4 Å². The van der Waals surface area contributed by atoms with Gasteiger partial charge in [-0.2, -0.15) is 0 Å². The monoisotopic (exact) mass is 265 g/mol. The maximum absolute atomic E-state index is 5.83. The standard InChI is InChI=1S/C13H19N3OS/c1-8-6-11(12(13(14)18)9(2)15-8)16-5-4-10(7-16)17-3/h6,10H,4-5,7H2,1-3H3,(H2,14,18). The lowest BCUT2D eigenvalue weighted by atomic mass is 10.1. The van der Waals surface area contributed by atoms with Gasteiger partial charge in [0, 0.05) is 31.6 Å². The highest BCUT2D eigenvalue weighted by atomic mass is 32.1. The zero-order valence-corrected chi connectivity index (χ0v) is 11.9. The maximum atomic E-state index is 5.83. The number of methoxy groups -OCH3 is 1. The van der Waals surface area contributed by atoms with Gasteiger partial charge in [0.2, 0.25) is 0 Å². The lowest BCUT2D eigenvalue weighted by Crippen LogP contribution is -2.26. The number of aryl methyl sites for hydroxylation is 2. The van der Waals surface area contributed by atoms with Crippen LogP contribution >= 0.6 is 12.2 Å². The molecule has 0 radical (unpaired) electrons. The Morgan fingerprint density at radius 2 is 2.28 bits per heavy atom. The molecular weight excluding hydrogens is 246 g/mol. The van der Waals surface area contributed by atoms with Crippen LogP contribution in [0, 0.1) is 13.8 Å². The summed E-state index contributed by atoms with van der Waals surface area (Å²) in [6.07, 6.45) is 1.33. The van der Waals surface area contributed by atoms with Crippen molar-refractivity contribution in [1.29, 1.82) is 0 Å². The van der Waals surface area contributed by atoms with Crippen molar-refractivity contribution in [3.05, 3.63) is 23.0 Å². The van der Waals surface area contributed by atoms with Gasteiger partial charge in [0.15, 0.2) is 0 Å². The van der Waals surface area contributed by atoms with E-state index in [0.29, 0.717) is 4.99 Å². The number of hydrogen-bond acceptors (Lipinski definition) is 4. The highest BCUT2D eigenvalue weighted by Gasteiger charge is 2.25. The summed E-state index contributed by atoms with van der Waals surface area (Å²) in [5.41, 5.74) is 9.71. The third-order valence-electron chi connectivity index (χ3n) is 3.37. The van der Waals surface area contributed by atoms with Crippen molar-refractivity contribution in [2.75, 3.05) is 25.1 Å². The van der Waals surface area contributed by atoms with Gasteiger partial charge < -0.3 is 15.4 Å². The summed E-state index contributed by atoms with van der Waals surface area (Å²) in [6.45, 7) is 5.80.